The lowest BCUT2D eigenvalue weighted by Crippen LogP contribution is -2.29. The van der Waals surface area contributed by atoms with Crippen molar-refractivity contribution in [1.82, 2.24) is 9.78 Å². The number of nitrogens with one attached hydrogen (secondary N) is 1. The van der Waals surface area contributed by atoms with Gasteiger partial charge in [0.15, 0.2) is 0 Å². The van der Waals surface area contributed by atoms with Gasteiger partial charge in [0, 0.05) is 10.9 Å². The largest absolute Gasteiger partial charge is 0.323 e. The normalized spacial score (nSPS) is 10.8. The molecule has 9 heteroatoms. The number of halogens is 3. The Morgan fingerprint density at radius 1 is 1.12 bits per heavy atom. The highest BCUT2D eigenvalue weighted by Crippen LogP contribution is 2.32. The molecule has 5 nitrogen and oxygen atoms in total. The number of hydrogen-bond acceptors (Lipinski definition) is 4. The van der Waals surface area contributed by atoms with Crippen LogP contribution in [0.4, 0.5) is 5.69 Å². The van der Waals surface area contributed by atoms with E-state index in [1.165, 1.54) is 18.2 Å². The first-order valence-corrected chi connectivity index (χ1v) is 9.38. The molecule has 2 heterocycles. The maximum atomic E-state index is 12.3. The summed E-state index contributed by atoms with van der Waals surface area (Å²) in [5, 5.41) is 7.66. The van der Waals surface area contributed by atoms with E-state index in [0.717, 1.165) is 14.4 Å². The van der Waals surface area contributed by atoms with Gasteiger partial charge < -0.3 is 5.32 Å². The van der Waals surface area contributed by atoms with Crippen molar-refractivity contribution in [3.05, 3.63) is 66.7 Å². The molecule has 1 aromatic carbocycles. The minimum Gasteiger partial charge on any atom is -0.323 e. The zero-order chi connectivity index (χ0) is 18.8. The van der Waals surface area contributed by atoms with E-state index in [-0.39, 0.29) is 27.2 Å². The Labute approximate surface area is 168 Å². The fourth-order valence-electron chi connectivity index (χ4n) is 2.21. The van der Waals surface area contributed by atoms with Gasteiger partial charge in [-0.25, -0.2) is 4.68 Å². The SMILES string of the molecule is Cc1ccc(-c2ccc(=O)n(CC(=O)Nc3cc(Cl)c(Cl)cc3Cl)n2)s1. The van der Waals surface area contributed by atoms with E-state index in [4.69, 9.17) is 34.8 Å². The van der Waals surface area contributed by atoms with Gasteiger partial charge in [0.05, 0.1) is 25.6 Å². The van der Waals surface area contributed by atoms with Crippen molar-refractivity contribution in [2.75, 3.05) is 5.32 Å². The van der Waals surface area contributed by atoms with E-state index in [9.17, 15) is 9.59 Å². The van der Waals surface area contributed by atoms with Crippen molar-refractivity contribution in [2.45, 2.75) is 13.5 Å². The van der Waals surface area contributed by atoms with Crippen molar-refractivity contribution < 1.29 is 4.79 Å². The van der Waals surface area contributed by atoms with Gasteiger partial charge in [-0.15, -0.1) is 11.3 Å². The molecule has 0 aliphatic heterocycles. The van der Waals surface area contributed by atoms with Crippen LogP contribution >= 0.6 is 46.1 Å². The van der Waals surface area contributed by atoms with Gasteiger partial charge in [-0.3, -0.25) is 9.59 Å². The topological polar surface area (TPSA) is 64.0 Å². The molecule has 1 N–H and O–H groups in total. The van der Waals surface area contributed by atoms with Crippen molar-refractivity contribution in [2.24, 2.45) is 0 Å². The van der Waals surface area contributed by atoms with Gasteiger partial charge in [0.1, 0.15) is 12.2 Å². The number of amides is 1. The number of benzene rings is 1. The molecule has 0 unspecified atom stereocenters. The monoisotopic (exact) mass is 427 g/mol. The molecule has 0 atom stereocenters. The predicted octanol–water partition coefficient (Wildman–Crippen LogP) is 4.88. The zero-order valence-electron chi connectivity index (χ0n) is 13.4. The predicted molar refractivity (Wildman–Crippen MR) is 107 cm³/mol. The molecule has 0 saturated heterocycles. The lowest BCUT2D eigenvalue weighted by molar-refractivity contribution is -0.117. The number of rotatable bonds is 4. The summed E-state index contributed by atoms with van der Waals surface area (Å²) in [6, 6.07) is 9.80. The quantitative estimate of drug-likeness (QED) is 0.602. The molecule has 0 radical (unpaired) electrons. The van der Waals surface area contributed by atoms with E-state index in [2.05, 4.69) is 10.4 Å². The van der Waals surface area contributed by atoms with Gasteiger partial charge in [-0.05, 0) is 37.3 Å². The Morgan fingerprint density at radius 3 is 2.54 bits per heavy atom. The highest BCUT2D eigenvalue weighted by atomic mass is 35.5. The molecule has 26 heavy (non-hydrogen) atoms. The van der Waals surface area contributed by atoms with Crippen LogP contribution in [0.15, 0.2) is 41.2 Å². The summed E-state index contributed by atoms with van der Waals surface area (Å²) in [6.45, 7) is 1.73. The van der Waals surface area contributed by atoms with E-state index in [1.54, 1.807) is 17.4 Å². The highest BCUT2D eigenvalue weighted by Gasteiger charge is 2.12. The third-order valence-electron chi connectivity index (χ3n) is 3.44. The van der Waals surface area contributed by atoms with Crippen LogP contribution < -0.4 is 10.9 Å². The molecule has 0 fully saturated rings. The number of aryl methyl sites for hydroxylation is 1. The third-order valence-corrected chi connectivity index (χ3v) is 5.49. The Kier molecular flexibility index (Phi) is 5.67. The Hall–Kier alpha value is -1.86. The van der Waals surface area contributed by atoms with Crippen LogP contribution in [0.3, 0.4) is 0 Å². The Balaban J connectivity index is 1.81. The molecule has 0 spiro atoms. The summed E-state index contributed by atoms with van der Waals surface area (Å²) >= 11 is 19.4. The van der Waals surface area contributed by atoms with Crippen LogP contribution in [-0.4, -0.2) is 15.7 Å². The van der Waals surface area contributed by atoms with Crippen LogP contribution in [-0.2, 0) is 11.3 Å². The summed E-state index contributed by atoms with van der Waals surface area (Å²) < 4.78 is 1.10. The maximum absolute atomic E-state index is 12.3. The first-order chi connectivity index (χ1) is 12.3. The lowest BCUT2D eigenvalue weighted by Gasteiger charge is -2.10. The maximum Gasteiger partial charge on any atom is 0.267 e. The number of thiophene rings is 1. The van der Waals surface area contributed by atoms with Crippen LogP contribution in [0.2, 0.25) is 15.1 Å². The number of anilines is 1. The summed E-state index contributed by atoms with van der Waals surface area (Å²) in [7, 11) is 0. The average Bonchev–Trinajstić information content (AvgIpc) is 3.01. The zero-order valence-corrected chi connectivity index (χ0v) is 16.5. The van der Waals surface area contributed by atoms with Crippen molar-refractivity contribution in [3.63, 3.8) is 0 Å². The molecule has 3 aromatic rings. The standard InChI is InChI=1S/C17H12Cl3N3O2S/c1-9-2-4-15(26-9)13-3-5-17(25)23(22-13)8-16(24)21-14-7-11(19)10(18)6-12(14)20/h2-7H,8H2,1H3,(H,21,24). The van der Waals surface area contributed by atoms with Crippen LogP contribution in [0.5, 0.6) is 0 Å². The number of nitrogens with zero attached hydrogens (tertiary/aromatic N) is 2. The molecule has 2 aromatic heterocycles. The number of carbonyl (C=O) groups excluding carboxylic acids is 1. The van der Waals surface area contributed by atoms with Crippen LogP contribution in [0.1, 0.15) is 4.88 Å². The number of hydrogen-bond donors (Lipinski definition) is 1. The van der Waals surface area contributed by atoms with Crippen molar-refractivity contribution in [1.29, 1.82) is 0 Å². The Morgan fingerprint density at radius 2 is 1.85 bits per heavy atom. The van der Waals surface area contributed by atoms with E-state index < -0.39 is 5.91 Å². The van der Waals surface area contributed by atoms with Gasteiger partial charge in [0.25, 0.3) is 5.56 Å². The third kappa shape index (κ3) is 4.27. The van der Waals surface area contributed by atoms with Gasteiger partial charge >= 0.3 is 0 Å². The van der Waals surface area contributed by atoms with Crippen molar-refractivity contribution in [3.8, 4) is 10.6 Å². The first-order valence-electron chi connectivity index (χ1n) is 7.43. The summed E-state index contributed by atoms with van der Waals surface area (Å²) in [5.74, 6) is -0.459. The molecule has 1 amide bonds. The fraction of sp³-hybridized carbons (Fsp3) is 0.118. The van der Waals surface area contributed by atoms with Crippen LogP contribution in [0.25, 0.3) is 10.6 Å². The van der Waals surface area contributed by atoms with Gasteiger partial charge in [-0.1, -0.05) is 34.8 Å². The molecule has 3 rings (SSSR count). The average molecular weight is 429 g/mol. The Bertz CT molecular complexity index is 1050. The first kappa shape index (κ1) is 18.9. The molecule has 0 bridgehead atoms. The molecule has 0 aliphatic rings. The van der Waals surface area contributed by atoms with E-state index >= 15 is 0 Å². The number of aromatic nitrogens is 2. The molecular formula is C17H12Cl3N3O2S. The molecule has 0 saturated carbocycles. The number of carbonyl (C=O) groups is 1. The highest BCUT2D eigenvalue weighted by molar-refractivity contribution is 7.15. The second-order valence-electron chi connectivity index (χ2n) is 5.42. The van der Waals surface area contributed by atoms with Crippen LogP contribution in [0, 0.1) is 6.92 Å². The summed E-state index contributed by atoms with van der Waals surface area (Å²) in [5.41, 5.74) is 0.560. The minimum absolute atomic E-state index is 0.246. The van der Waals surface area contributed by atoms with E-state index in [0.29, 0.717) is 11.4 Å². The lowest BCUT2D eigenvalue weighted by atomic mass is 10.3. The van der Waals surface area contributed by atoms with Gasteiger partial charge in [0.2, 0.25) is 5.91 Å². The second kappa shape index (κ2) is 7.80. The van der Waals surface area contributed by atoms with E-state index in [1.807, 2.05) is 19.1 Å². The smallest absolute Gasteiger partial charge is 0.267 e. The van der Waals surface area contributed by atoms with Crippen molar-refractivity contribution >= 4 is 57.7 Å². The molecule has 0 aliphatic carbocycles. The summed E-state index contributed by atoms with van der Waals surface area (Å²) in [4.78, 5) is 26.4. The molecular weight excluding hydrogens is 417 g/mol. The summed E-state index contributed by atoms with van der Waals surface area (Å²) in [6.07, 6.45) is 0. The fourth-order valence-corrected chi connectivity index (χ4v) is 3.64. The van der Waals surface area contributed by atoms with Gasteiger partial charge in [-0.2, -0.15) is 5.10 Å². The molecule has 134 valence electrons. The minimum atomic E-state index is -0.459. The second-order valence-corrected chi connectivity index (χ2v) is 7.93.